The molecule has 0 aliphatic carbocycles. The van der Waals surface area contributed by atoms with Gasteiger partial charge in [0.2, 0.25) is 0 Å². The van der Waals surface area contributed by atoms with Gasteiger partial charge in [-0.15, -0.1) is 0 Å². The lowest BCUT2D eigenvalue weighted by molar-refractivity contribution is 0.122. The van der Waals surface area contributed by atoms with Crippen LogP contribution in [-0.4, -0.2) is 43.0 Å². The molecule has 11 heavy (non-hydrogen) atoms. The Kier molecular flexibility index (Phi) is 5.65. The first-order valence-electron chi connectivity index (χ1n) is 3.31. The van der Waals surface area contributed by atoms with Crippen molar-refractivity contribution in [2.24, 2.45) is 5.73 Å². The van der Waals surface area contributed by atoms with Crippen LogP contribution in [0.5, 0.6) is 0 Å². The second-order valence-electron chi connectivity index (χ2n) is 1.93. The first-order valence-corrected chi connectivity index (χ1v) is 5.24. The van der Waals surface area contributed by atoms with Crippen LogP contribution >= 0.6 is 0 Å². The molecule has 0 saturated heterocycles. The minimum atomic E-state index is -2.43. The summed E-state index contributed by atoms with van der Waals surface area (Å²) < 4.78 is 15.3. The van der Waals surface area contributed by atoms with Crippen LogP contribution < -0.4 is 11.1 Å². The van der Waals surface area contributed by atoms with E-state index in [2.05, 4.69) is 5.32 Å². The van der Waals surface area contributed by atoms with Crippen molar-refractivity contribution in [3.05, 3.63) is 0 Å². The van der Waals surface area contributed by atoms with Crippen molar-refractivity contribution in [2.75, 3.05) is 34.2 Å². The van der Waals surface area contributed by atoms with Crippen molar-refractivity contribution < 1.29 is 13.3 Å². The largest absolute Gasteiger partial charge is 0.514 e. The maximum absolute atomic E-state index is 5.24. The molecule has 0 fully saturated rings. The summed E-state index contributed by atoms with van der Waals surface area (Å²) in [5.41, 5.74) is 5.24. The molecule has 6 heteroatoms. The molecule has 0 aliphatic heterocycles. The molecule has 0 bridgehead atoms. The van der Waals surface area contributed by atoms with E-state index in [0.717, 1.165) is 0 Å². The Morgan fingerprint density at radius 1 is 1.18 bits per heavy atom. The van der Waals surface area contributed by atoms with Crippen molar-refractivity contribution in [1.82, 2.24) is 5.32 Å². The molecule has 0 rings (SSSR count). The predicted octanol–water partition coefficient (Wildman–Crippen LogP) is -1.09. The van der Waals surface area contributed by atoms with E-state index >= 15 is 0 Å². The second-order valence-corrected chi connectivity index (χ2v) is 4.87. The lowest BCUT2D eigenvalue weighted by Crippen LogP contribution is -2.53. The molecule has 0 heterocycles. The van der Waals surface area contributed by atoms with Gasteiger partial charge < -0.3 is 24.3 Å². The zero-order chi connectivity index (χ0) is 8.74. The fourth-order valence-corrected chi connectivity index (χ4v) is 2.08. The third kappa shape index (κ3) is 3.28. The number of nitrogens with two attached hydrogens (primary N) is 1. The molecule has 0 aromatic heterocycles. The van der Waals surface area contributed by atoms with E-state index in [0.29, 0.717) is 12.8 Å². The van der Waals surface area contributed by atoms with E-state index < -0.39 is 8.80 Å². The predicted molar refractivity (Wildman–Crippen MR) is 43.8 cm³/mol. The first kappa shape index (κ1) is 11.0. The van der Waals surface area contributed by atoms with Gasteiger partial charge in [-0.1, -0.05) is 0 Å². The molecule has 0 unspecified atom stereocenters. The molecule has 0 aromatic rings. The topological polar surface area (TPSA) is 65.7 Å². The Bertz CT molecular complexity index is 91.5. The maximum Gasteiger partial charge on any atom is 0.514 e. The van der Waals surface area contributed by atoms with Crippen LogP contribution in [0.25, 0.3) is 0 Å². The molecule has 0 aliphatic rings. The Morgan fingerprint density at radius 3 is 1.91 bits per heavy atom. The summed E-state index contributed by atoms with van der Waals surface area (Å²) in [6.07, 6.45) is 0.535. The van der Waals surface area contributed by atoms with Gasteiger partial charge in [0, 0.05) is 28.0 Å². The van der Waals surface area contributed by atoms with Gasteiger partial charge in [-0.3, -0.25) is 0 Å². The Labute approximate surface area is 68.2 Å². The molecular weight excluding hydrogens is 164 g/mol. The standard InChI is InChI=1S/C5H16N2O3Si/c1-8-11(9-2,10-3)5-7-4-6/h7H,4-6H2,1-3H3. The number of hydrogen-bond donors (Lipinski definition) is 2. The summed E-state index contributed by atoms with van der Waals surface area (Å²) in [6, 6.07) is 0. The SMILES string of the molecule is CO[Si](CNCN)(OC)OC. The van der Waals surface area contributed by atoms with Crippen LogP contribution in [0.15, 0.2) is 0 Å². The third-order valence-corrected chi connectivity index (χ3v) is 3.97. The fourth-order valence-electron chi connectivity index (χ4n) is 0.692. The highest BCUT2D eigenvalue weighted by molar-refractivity contribution is 6.60. The molecule has 0 saturated carbocycles. The van der Waals surface area contributed by atoms with E-state index in [4.69, 9.17) is 19.0 Å². The summed E-state index contributed by atoms with van der Waals surface area (Å²) in [5.74, 6) is 0. The van der Waals surface area contributed by atoms with Gasteiger partial charge in [0.1, 0.15) is 0 Å². The van der Waals surface area contributed by atoms with Crippen molar-refractivity contribution in [2.45, 2.75) is 0 Å². The summed E-state index contributed by atoms with van der Waals surface area (Å²) in [4.78, 5) is 0. The minimum Gasteiger partial charge on any atom is -0.376 e. The molecule has 3 N–H and O–H groups in total. The van der Waals surface area contributed by atoms with Crippen LogP contribution in [0.1, 0.15) is 0 Å². The highest BCUT2D eigenvalue weighted by atomic mass is 28.4. The smallest absolute Gasteiger partial charge is 0.376 e. The highest BCUT2D eigenvalue weighted by Gasteiger charge is 2.36. The highest BCUT2D eigenvalue weighted by Crippen LogP contribution is 2.02. The maximum atomic E-state index is 5.24. The average molecular weight is 180 g/mol. The summed E-state index contributed by atoms with van der Waals surface area (Å²) in [7, 11) is 2.27. The van der Waals surface area contributed by atoms with Crippen LogP contribution in [0.3, 0.4) is 0 Å². The van der Waals surface area contributed by atoms with Crippen LogP contribution in [0.2, 0.25) is 0 Å². The van der Waals surface area contributed by atoms with Crippen molar-refractivity contribution in [1.29, 1.82) is 0 Å². The van der Waals surface area contributed by atoms with Gasteiger partial charge in [-0.2, -0.15) is 0 Å². The van der Waals surface area contributed by atoms with E-state index in [-0.39, 0.29) is 0 Å². The zero-order valence-electron chi connectivity index (χ0n) is 7.22. The van der Waals surface area contributed by atoms with E-state index in [1.807, 2.05) is 0 Å². The monoisotopic (exact) mass is 180 g/mol. The molecular formula is C5H16N2O3Si. The average Bonchev–Trinajstić information content (AvgIpc) is 2.08. The Hall–Kier alpha value is 0.0169. The summed E-state index contributed by atoms with van der Waals surface area (Å²) in [6.45, 7) is 0.394. The lowest BCUT2D eigenvalue weighted by Gasteiger charge is -2.24. The molecule has 0 amide bonds. The van der Waals surface area contributed by atoms with Gasteiger partial charge >= 0.3 is 8.80 Å². The second kappa shape index (κ2) is 5.64. The molecule has 0 spiro atoms. The van der Waals surface area contributed by atoms with Crippen LogP contribution in [0, 0.1) is 0 Å². The molecule has 0 atom stereocenters. The molecule has 0 aromatic carbocycles. The van der Waals surface area contributed by atoms with Crippen LogP contribution in [-0.2, 0) is 13.3 Å². The van der Waals surface area contributed by atoms with E-state index in [9.17, 15) is 0 Å². The lowest BCUT2D eigenvalue weighted by atomic mass is 11.1. The summed E-state index contributed by atoms with van der Waals surface area (Å²) >= 11 is 0. The van der Waals surface area contributed by atoms with Gasteiger partial charge in [-0.05, 0) is 0 Å². The number of hydrogen-bond acceptors (Lipinski definition) is 5. The molecule has 5 nitrogen and oxygen atoms in total. The van der Waals surface area contributed by atoms with Gasteiger partial charge in [0.15, 0.2) is 0 Å². The molecule has 0 radical (unpaired) electrons. The van der Waals surface area contributed by atoms with Crippen molar-refractivity contribution >= 4 is 8.80 Å². The fraction of sp³-hybridized carbons (Fsp3) is 1.00. The Morgan fingerprint density at radius 2 is 1.64 bits per heavy atom. The van der Waals surface area contributed by atoms with Crippen molar-refractivity contribution in [3.8, 4) is 0 Å². The van der Waals surface area contributed by atoms with Gasteiger partial charge in [0.05, 0.1) is 6.17 Å². The Balaban J connectivity index is 3.84. The van der Waals surface area contributed by atoms with Crippen LogP contribution in [0.4, 0.5) is 0 Å². The van der Waals surface area contributed by atoms with E-state index in [1.165, 1.54) is 0 Å². The first-order chi connectivity index (χ1) is 5.24. The van der Waals surface area contributed by atoms with Gasteiger partial charge in [0.25, 0.3) is 0 Å². The van der Waals surface area contributed by atoms with Gasteiger partial charge in [-0.25, -0.2) is 0 Å². The number of nitrogens with one attached hydrogen (secondary N) is 1. The number of rotatable bonds is 6. The normalized spacial score (nSPS) is 12.0. The third-order valence-electron chi connectivity index (χ3n) is 1.42. The zero-order valence-corrected chi connectivity index (χ0v) is 8.22. The van der Waals surface area contributed by atoms with Crippen molar-refractivity contribution in [3.63, 3.8) is 0 Å². The molecule has 68 valence electrons. The summed E-state index contributed by atoms with van der Waals surface area (Å²) in [5, 5.41) is 2.91. The quantitative estimate of drug-likeness (QED) is 0.401. The van der Waals surface area contributed by atoms with E-state index in [1.54, 1.807) is 21.3 Å². The minimum absolute atomic E-state index is 0.394.